The molecule has 0 aliphatic heterocycles. The maximum Gasteiger partial charge on any atom is 0.276 e. The van der Waals surface area contributed by atoms with Gasteiger partial charge in [0, 0.05) is 37.1 Å². The fraction of sp³-hybridized carbons (Fsp3) is 0.167. The number of sulfone groups is 1. The van der Waals surface area contributed by atoms with E-state index < -0.39 is 21.1 Å². The van der Waals surface area contributed by atoms with E-state index in [-0.39, 0.29) is 22.1 Å². The first kappa shape index (κ1) is 30.8. The van der Waals surface area contributed by atoms with Crippen LogP contribution in [0.2, 0.25) is 0 Å². The van der Waals surface area contributed by atoms with Crippen LogP contribution in [0.3, 0.4) is 0 Å². The van der Waals surface area contributed by atoms with Crippen LogP contribution in [0.25, 0.3) is 6.08 Å². The number of hydroxylamine groups is 1. The van der Waals surface area contributed by atoms with Gasteiger partial charge in [-0.2, -0.15) is 0 Å². The van der Waals surface area contributed by atoms with E-state index in [0.29, 0.717) is 35.5 Å². The van der Waals surface area contributed by atoms with Gasteiger partial charge in [0.1, 0.15) is 5.75 Å². The molecule has 3 rings (SSSR count). The average Bonchev–Trinajstić information content (AvgIpc) is 2.98. The fourth-order valence-corrected chi connectivity index (χ4v) is 5.64. The van der Waals surface area contributed by atoms with Gasteiger partial charge in [-0.25, -0.2) is 13.9 Å². The third kappa shape index (κ3) is 7.47. The second-order valence-electron chi connectivity index (χ2n) is 8.89. The highest BCUT2D eigenvalue weighted by Crippen LogP contribution is 2.34. The Morgan fingerprint density at radius 2 is 1.80 bits per heavy atom. The van der Waals surface area contributed by atoms with E-state index in [1.54, 1.807) is 42.8 Å². The summed E-state index contributed by atoms with van der Waals surface area (Å²) in [6.45, 7) is 9.64. The van der Waals surface area contributed by atoms with Crippen LogP contribution in [-0.4, -0.2) is 55.5 Å². The topological polar surface area (TPSA) is 138 Å². The molecule has 1 heterocycles. The molecule has 0 bridgehead atoms. The fourth-order valence-electron chi connectivity index (χ4n) is 4.08. The molecular formula is C30H32N4O6S. The molecule has 0 fully saturated rings. The highest BCUT2D eigenvalue weighted by molar-refractivity contribution is 7.91. The summed E-state index contributed by atoms with van der Waals surface area (Å²) in [6.07, 6.45) is 9.01. The van der Waals surface area contributed by atoms with Gasteiger partial charge in [0.05, 0.1) is 23.3 Å². The number of carbonyl (C=O) groups is 2. The molecule has 0 radical (unpaired) electrons. The third-order valence-corrected chi connectivity index (χ3v) is 8.03. The highest BCUT2D eigenvalue weighted by Gasteiger charge is 2.31. The first-order valence-electron chi connectivity index (χ1n) is 12.5. The summed E-state index contributed by atoms with van der Waals surface area (Å²) < 4.78 is 32.9. The van der Waals surface area contributed by atoms with Crippen molar-refractivity contribution in [3.63, 3.8) is 0 Å². The number of aryl methyl sites for hydroxylation is 1. The maximum atomic E-state index is 13.9. The van der Waals surface area contributed by atoms with E-state index in [4.69, 9.17) is 4.74 Å². The number of amides is 2. The molecule has 1 atom stereocenters. The van der Waals surface area contributed by atoms with Gasteiger partial charge >= 0.3 is 0 Å². The Morgan fingerprint density at radius 1 is 1.12 bits per heavy atom. The van der Waals surface area contributed by atoms with Crippen LogP contribution >= 0.6 is 0 Å². The lowest BCUT2D eigenvalue weighted by Crippen LogP contribution is -2.29. The van der Waals surface area contributed by atoms with Crippen LogP contribution < -0.4 is 15.5 Å². The summed E-state index contributed by atoms with van der Waals surface area (Å²) in [7, 11) is -2.60. The van der Waals surface area contributed by atoms with Gasteiger partial charge in [0.15, 0.2) is 5.37 Å². The summed E-state index contributed by atoms with van der Waals surface area (Å²) in [5.41, 5.74) is 3.05. The Balaban J connectivity index is 2.08. The summed E-state index contributed by atoms with van der Waals surface area (Å²) in [4.78, 5) is 31.0. The normalized spacial score (nSPS) is 11.9. The van der Waals surface area contributed by atoms with Crippen LogP contribution in [-0.2, 0) is 14.6 Å². The van der Waals surface area contributed by atoms with E-state index >= 15 is 0 Å². The summed E-state index contributed by atoms with van der Waals surface area (Å²) >= 11 is 0. The van der Waals surface area contributed by atoms with Gasteiger partial charge in [-0.1, -0.05) is 18.2 Å². The quantitative estimate of drug-likeness (QED) is 0.118. The van der Waals surface area contributed by atoms with E-state index in [9.17, 15) is 23.2 Å². The molecule has 11 heteroatoms. The van der Waals surface area contributed by atoms with E-state index in [1.165, 1.54) is 66.9 Å². The van der Waals surface area contributed by atoms with Gasteiger partial charge in [0.2, 0.25) is 15.7 Å². The van der Waals surface area contributed by atoms with Crippen LogP contribution in [0.1, 0.15) is 32.4 Å². The van der Waals surface area contributed by atoms with Crippen molar-refractivity contribution in [1.82, 2.24) is 15.4 Å². The van der Waals surface area contributed by atoms with Gasteiger partial charge in [-0.3, -0.25) is 19.8 Å². The number of hydrogen-bond donors (Lipinski definition) is 3. The number of nitrogens with one attached hydrogen (secondary N) is 2. The number of rotatable bonds is 13. The number of carbonyl (C=O) groups excluding carboxylic acids is 2. The van der Waals surface area contributed by atoms with Crippen LogP contribution in [0.15, 0.2) is 97.2 Å². The zero-order valence-corrected chi connectivity index (χ0v) is 23.6. The number of benzene rings is 2. The Hall–Kier alpha value is -4.74. The summed E-state index contributed by atoms with van der Waals surface area (Å²) in [6, 6.07) is 12.3. The minimum absolute atomic E-state index is 0.0205. The standard InChI is InChI=1S/C30H32N4O6S/c1-5-16-34(17-6-2)27(35)14-9-22-18-21(3)28(26(19-22)29(36)33-37)32-30(23-8-7-15-31-20-23)41(38,39)25-12-10-24(40-4)11-13-25/h5-15,18-20,30,32,37H,1-2,16-17H2,3-4H3,(H,33,36). The number of hydrogen-bond acceptors (Lipinski definition) is 8. The zero-order valence-electron chi connectivity index (χ0n) is 22.8. The van der Waals surface area contributed by atoms with Gasteiger partial charge < -0.3 is 15.0 Å². The van der Waals surface area contributed by atoms with Crippen molar-refractivity contribution >= 4 is 33.4 Å². The first-order valence-corrected chi connectivity index (χ1v) is 14.0. The minimum Gasteiger partial charge on any atom is -0.497 e. The molecule has 2 amide bonds. The number of pyridine rings is 1. The summed E-state index contributed by atoms with van der Waals surface area (Å²) in [5, 5.41) is 11.1. The largest absolute Gasteiger partial charge is 0.497 e. The molecule has 0 aliphatic carbocycles. The van der Waals surface area contributed by atoms with Crippen molar-refractivity contribution in [3.8, 4) is 5.75 Å². The molecule has 2 aromatic carbocycles. The van der Waals surface area contributed by atoms with Crippen molar-refractivity contribution in [2.75, 3.05) is 25.5 Å². The average molecular weight is 577 g/mol. The molecule has 0 saturated carbocycles. The monoisotopic (exact) mass is 576 g/mol. The van der Waals surface area contributed by atoms with Gasteiger partial charge in [-0.15, -0.1) is 13.2 Å². The van der Waals surface area contributed by atoms with Crippen molar-refractivity contribution in [2.24, 2.45) is 0 Å². The SMILES string of the molecule is C=CCN(CC=C)C(=O)C=Cc1cc(C)c(NC(c2cccnc2)S(=O)(=O)c2ccc(OC)cc2)c(C(=O)NO)c1. The smallest absolute Gasteiger partial charge is 0.276 e. The molecule has 1 unspecified atom stereocenters. The molecule has 1 aromatic heterocycles. The molecule has 10 nitrogen and oxygen atoms in total. The Labute approximate surface area is 239 Å². The van der Waals surface area contributed by atoms with E-state index in [2.05, 4.69) is 23.5 Å². The molecule has 3 N–H and O–H groups in total. The van der Waals surface area contributed by atoms with Crippen molar-refractivity contribution < 1.29 is 28.0 Å². The van der Waals surface area contributed by atoms with E-state index in [1.807, 2.05) is 0 Å². The second kappa shape index (κ2) is 14.1. The lowest BCUT2D eigenvalue weighted by molar-refractivity contribution is -0.125. The molecule has 0 spiro atoms. The van der Waals surface area contributed by atoms with Crippen LogP contribution in [0.4, 0.5) is 5.69 Å². The molecule has 0 saturated heterocycles. The predicted molar refractivity (Wildman–Crippen MR) is 157 cm³/mol. The van der Waals surface area contributed by atoms with Gasteiger partial charge in [0.25, 0.3) is 5.91 Å². The first-order chi connectivity index (χ1) is 19.7. The zero-order chi connectivity index (χ0) is 30.0. The van der Waals surface area contributed by atoms with Crippen LogP contribution in [0, 0.1) is 6.92 Å². The second-order valence-corrected chi connectivity index (χ2v) is 10.9. The summed E-state index contributed by atoms with van der Waals surface area (Å²) in [5.74, 6) is -0.671. The molecule has 41 heavy (non-hydrogen) atoms. The number of methoxy groups -OCH3 is 1. The molecule has 214 valence electrons. The number of anilines is 1. The number of nitrogens with zero attached hydrogens (tertiary/aromatic N) is 2. The predicted octanol–water partition coefficient (Wildman–Crippen LogP) is 4.32. The van der Waals surface area contributed by atoms with Crippen molar-refractivity contribution in [2.45, 2.75) is 17.2 Å². The minimum atomic E-state index is -4.08. The van der Waals surface area contributed by atoms with Crippen LogP contribution in [0.5, 0.6) is 5.75 Å². The van der Waals surface area contributed by atoms with Crippen molar-refractivity contribution in [1.29, 1.82) is 0 Å². The number of ether oxygens (including phenoxy) is 1. The van der Waals surface area contributed by atoms with E-state index in [0.717, 1.165) is 0 Å². The Morgan fingerprint density at radius 3 is 2.37 bits per heavy atom. The molecule has 0 aliphatic rings. The van der Waals surface area contributed by atoms with Crippen molar-refractivity contribution in [3.05, 3.63) is 115 Å². The Bertz CT molecular complexity index is 1530. The lowest BCUT2D eigenvalue weighted by Gasteiger charge is -2.24. The lowest BCUT2D eigenvalue weighted by atomic mass is 10.0. The Kier molecular flexibility index (Phi) is 10.6. The molecule has 3 aromatic rings. The maximum absolute atomic E-state index is 13.9. The highest BCUT2D eigenvalue weighted by atomic mass is 32.2. The molecular weight excluding hydrogens is 544 g/mol. The van der Waals surface area contributed by atoms with Gasteiger partial charge in [-0.05, 0) is 66.6 Å². The third-order valence-electron chi connectivity index (χ3n) is 6.09. The number of aromatic nitrogens is 1.